The number of nitrogens with zero attached hydrogens (tertiary/aromatic N) is 3. The van der Waals surface area contributed by atoms with Crippen molar-refractivity contribution < 1.29 is 5.11 Å². The summed E-state index contributed by atoms with van der Waals surface area (Å²) < 4.78 is 0. The van der Waals surface area contributed by atoms with Crippen LogP contribution in [-0.2, 0) is 0 Å². The van der Waals surface area contributed by atoms with Crippen LogP contribution in [0.3, 0.4) is 0 Å². The van der Waals surface area contributed by atoms with E-state index in [0.29, 0.717) is 22.9 Å². The number of hydrogen-bond donors (Lipinski definition) is 4. The van der Waals surface area contributed by atoms with Crippen LogP contribution in [0.4, 0.5) is 5.82 Å². The molecule has 1 aliphatic heterocycles. The van der Waals surface area contributed by atoms with E-state index in [4.69, 9.17) is 5.41 Å². The van der Waals surface area contributed by atoms with Crippen molar-refractivity contribution in [2.24, 2.45) is 0 Å². The SMILES string of the molecule is CN/C=C(\C=N)c1ccc(-c2ccc(N(C)C3CC(C)(C)NC(C)(C)C3)nn2)c(O)c1. The summed E-state index contributed by atoms with van der Waals surface area (Å²) in [5.41, 5.74) is 2.77. The lowest BCUT2D eigenvalue weighted by Gasteiger charge is -2.49. The van der Waals surface area contributed by atoms with Gasteiger partial charge in [-0.15, -0.1) is 10.2 Å². The summed E-state index contributed by atoms with van der Waals surface area (Å²) >= 11 is 0. The first-order valence-electron chi connectivity index (χ1n) is 10.6. The third kappa shape index (κ3) is 5.22. The van der Waals surface area contributed by atoms with Crippen LogP contribution in [0.1, 0.15) is 46.1 Å². The highest BCUT2D eigenvalue weighted by atomic mass is 16.3. The maximum absolute atomic E-state index is 10.5. The number of nitrogens with one attached hydrogen (secondary N) is 3. The predicted octanol–water partition coefficient (Wildman–Crippen LogP) is 3.80. The van der Waals surface area contributed by atoms with Crippen molar-refractivity contribution in [2.75, 3.05) is 19.0 Å². The molecule has 4 N–H and O–H groups in total. The number of aromatic hydroxyl groups is 1. The third-order valence-corrected chi connectivity index (χ3v) is 5.79. The Morgan fingerprint density at radius 3 is 2.35 bits per heavy atom. The normalized spacial score (nSPS) is 18.5. The van der Waals surface area contributed by atoms with E-state index in [-0.39, 0.29) is 16.8 Å². The smallest absolute Gasteiger partial charge is 0.151 e. The van der Waals surface area contributed by atoms with Crippen LogP contribution in [0.25, 0.3) is 16.8 Å². The molecule has 0 saturated carbocycles. The fourth-order valence-corrected chi connectivity index (χ4v) is 4.68. The molecule has 7 heteroatoms. The van der Waals surface area contributed by atoms with Crippen molar-refractivity contribution in [3.05, 3.63) is 42.1 Å². The average Bonchev–Trinajstić information content (AvgIpc) is 2.69. The summed E-state index contributed by atoms with van der Waals surface area (Å²) in [5, 5.41) is 33.6. The Bertz CT molecular complexity index is 949. The lowest BCUT2D eigenvalue weighted by Crippen LogP contribution is -2.62. The second kappa shape index (κ2) is 8.67. The zero-order chi connectivity index (χ0) is 22.8. The second-order valence-electron chi connectivity index (χ2n) is 9.61. The van der Waals surface area contributed by atoms with Crippen molar-refractivity contribution in [1.82, 2.24) is 20.8 Å². The summed E-state index contributed by atoms with van der Waals surface area (Å²) in [7, 11) is 3.85. The van der Waals surface area contributed by atoms with E-state index in [1.165, 1.54) is 6.21 Å². The molecule has 7 nitrogen and oxygen atoms in total. The number of piperidine rings is 1. The van der Waals surface area contributed by atoms with E-state index in [2.05, 4.69) is 60.5 Å². The minimum absolute atomic E-state index is 0.0542. The molecule has 0 aliphatic carbocycles. The second-order valence-corrected chi connectivity index (χ2v) is 9.61. The van der Waals surface area contributed by atoms with Gasteiger partial charge in [-0.3, -0.25) is 0 Å². The van der Waals surface area contributed by atoms with E-state index in [1.807, 2.05) is 24.3 Å². The zero-order valence-corrected chi connectivity index (χ0v) is 19.3. The van der Waals surface area contributed by atoms with Gasteiger partial charge in [0.1, 0.15) is 5.75 Å². The lowest BCUT2D eigenvalue weighted by molar-refractivity contribution is 0.160. The van der Waals surface area contributed by atoms with Gasteiger partial charge in [0.15, 0.2) is 5.82 Å². The van der Waals surface area contributed by atoms with E-state index >= 15 is 0 Å². The number of benzene rings is 1. The minimum atomic E-state index is 0.0542. The summed E-state index contributed by atoms with van der Waals surface area (Å²) in [6.45, 7) is 8.97. The van der Waals surface area contributed by atoms with Gasteiger partial charge in [-0.25, -0.2) is 0 Å². The first kappa shape index (κ1) is 22.7. The van der Waals surface area contributed by atoms with E-state index in [9.17, 15) is 5.11 Å². The predicted molar refractivity (Wildman–Crippen MR) is 128 cm³/mol. The third-order valence-electron chi connectivity index (χ3n) is 5.79. The van der Waals surface area contributed by atoms with Gasteiger partial charge in [0.2, 0.25) is 0 Å². The molecule has 0 bridgehead atoms. The highest BCUT2D eigenvalue weighted by molar-refractivity contribution is 6.08. The van der Waals surface area contributed by atoms with E-state index in [1.54, 1.807) is 19.3 Å². The summed E-state index contributed by atoms with van der Waals surface area (Å²) in [5.74, 6) is 0.931. The maximum Gasteiger partial charge on any atom is 0.151 e. The monoisotopic (exact) mass is 422 g/mol. The molecule has 31 heavy (non-hydrogen) atoms. The van der Waals surface area contributed by atoms with Crippen LogP contribution in [0.2, 0.25) is 0 Å². The number of allylic oxidation sites excluding steroid dienone is 1. The van der Waals surface area contributed by atoms with Gasteiger partial charge in [0, 0.05) is 54.8 Å². The summed E-state index contributed by atoms with van der Waals surface area (Å²) in [6, 6.07) is 9.53. The standard InChI is InChI=1S/C24H34N6O/c1-23(2)12-18(13-24(3,4)29-23)30(6)22-10-9-20(27-28-22)19-8-7-16(11-21(19)31)17(14-25)15-26-5/h7-11,14-15,18,25-26,29,31H,12-13H2,1-6H3/b17-15+,25-14?. The molecule has 1 aromatic heterocycles. The lowest BCUT2D eigenvalue weighted by atomic mass is 9.79. The van der Waals surface area contributed by atoms with Gasteiger partial charge in [-0.1, -0.05) is 6.07 Å². The van der Waals surface area contributed by atoms with Gasteiger partial charge < -0.3 is 26.0 Å². The van der Waals surface area contributed by atoms with Gasteiger partial charge >= 0.3 is 0 Å². The molecule has 1 aromatic carbocycles. The van der Waals surface area contributed by atoms with Crippen LogP contribution in [0.5, 0.6) is 5.75 Å². The molecule has 0 amide bonds. The first-order chi connectivity index (χ1) is 14.5. The Hall–Kier alpha value is -2.93. The van der Waals surface area contributed by atoms with Crippen molar-refractivity contribution in [3.63, 3.8) is 0 Å². The van der Waals surface area contributed by atoms with Gasteiger partial charge in [0.05, 0.1) is 5.69 Å². The van der Waals surface area contributed by atoms with Crippen LogP contribution in [0.15, 0.2) is 36.5 Å². The highest BCUT2D eigenvalue weighted by Crippen LogP contribution is 2.34. The van der Waals surface area contributed by atoms with Crippen molar-refractivity contribution in [1.29, 1.82) is 5.41 Å². The minimum Gasteiger partial charge on any atom is -0.507 e. The molecule has 2 aromatic rings. The molecule has 2 heterocycles. The van der Waals surface area contributed by atoms with Crippen LogP contribution >= 0.6 is 0 Å². The van der Waals surface area contributed by atoms with Crippen molar-refractivity contribution in [2.45, 2.75) is 57.7 Å². The fourth-order valence-electron chi connectivity index (χ4n) is 4.68. The highest BCUT2D eigenvalue weighted by Gasteiger charge is 2.39. The number of phenolic OH excluding ortho intramolecular Hbond substituents is 1. The van der Waals surface area contributed by atoms with Crippen LogP contribution in [-0.4, -0.2) is 52.7 Å². The molecule has 0 spiro atoms. The Kier molecular flexibility index (Phi) is 6.36. The molecular weight excluding hydrogens is 388 g/mol. The quantitative estimate of drug-likeness (QED) is 0.529. The topological polar surface area (TPSA) is 97.2 Å². The zero-order valence-electron chi connectivity index (χ0n) is 19.3. The number of rotatable bonds is 6. The van der Waals surface area contributed by atoms with E-state index < -0.39 is 0 Å². The number of phenols is 1. The maximum atomic E-state index is 10.5. The van der Waals surface area contributed by atoms with Crippen molar-refractivity contribution in [3.8, 4) is 17.0 Å². The van der Waals surface area contributed by atoms with Gasteiger partial charge in [-0.05, 0) is 70.4 Å². The summed E-state index contributed by atoms with van der Waals surface area (Å²) in [6.07, 6.45) is 5.01. The Morgan fingerprint density at radius 2 is 1.84 bits per heavy atom. The molecule has 3 rings (SSSR count). The van der Waals surface area contributed by atoms with Gasteiger partial charge in [0.25, 0.3) is 0 Å². The molecule has 1 fully saturated rings. The molecule has 1 saturated heterocycles. The average molecular weight is 423 g/mol. The number of hydrogen-bond acceptors (Lipinski definition) is 7. The molecule has 1 aliphatic rings. The van der Waals surface area contributed by atoms with Gasteiger partial charge in [-0.2, -0.15) is 0 Å². The molecule has 0 unspecified atom stereocenters. The van der Waals surface area contributed by atoms with Crippen molar-refractivity contribution >= 4 is 17.6 Å². The Labute approximate surface area is 185 Å². The fraction of sp³-hybridized carbons (Fsp3) is 0.458. The van der Waals surface area contributed by atoms with Crippen LogP contribution < -0.4 is 15.5 Å². The summed E-state index contributed by atoms with van der Waals surface area (Å²) in [4.78, 5) is 2.21. The molecule has 166 valence electrons. The number of anilines is 1. The largest absolute Gasteiger partial charge is 0.507 e. The Morgan fingerprint density at radius 1 is 1.16 bits per heavy atom. The van der Waals surface area contributed by atoms with Crippen LogP contribution in [0, 0.1) is 5.41 Å². The first-order valence-corrected chi connectivity index (χ1v) is 10.6. The molecule has 0 atom stereocenters. The Balaban J connectivity index is 1.82. The molecule has 0 radical (unpaired) electrons. The number of aromatic nitrogens is 2. The molecular formula is C24H34N6O. The van der Waals surface area contributed by atoms with E-state index in [0.717, 1.165) is 24.2 Å².